The smallest absolute Gasteiger partial charge is 0.252 e. The van der Waals surface area contributed by atoms with Crippen LogP contribution in [0.2, 0.25) is 0 Å². The Hall–Kier alpha value is -0.610. The second-order valence-electron chi connectivity index (χ2n) is 4.10. The molecule has 0 fully saturated rings. The van der Waals surface area contributed by atoms with Crippen molar-refractivity contribution in [3.8, 4) is 0 Å². The number of halogens is 3. The monoisotopic (exact) mass is 307 g/mol. The number of rotatable bonds is 3. The zero-order valence-corrected chi connectivity index (χ0v) is 11.3. The van der Waals surface area contributed by atoms with E-state index in [-0.39, 0.29) is 11.7 Å². The highest BCUT2D eigenvalue weighted by Crippen LogP contribution is 2.19. The Labute approximate surface area is 107 Å². The molecule has 0 saturated heterocycles. The predicted octanol–water partition coefficient (Wildman–Crippen LogP) is 3.34. The molecule has 0 bridgehead atoms. The first-order chi connectivity index (χ1) is 7.35. The minimum atomic E-state index is -0.494. The van der Waals surface area contributed by atoms with E-state index in [2.05, 4.69) is 21.2 Å². The highest BCUT2D eigenvalue weighted by Gasteiger charge is 2.21. The standard InChI is InChI=1S/C11H12BrClFNO/c1-11(2,6-13)15-10(16)8-4-3-7(14)5-9(8)12/h3-5H,6H2,1-2H3,(H,15,16). The van der Waals surface area contributed by atoms with E-state index in [1.807, 2.05) is 13.8 Å². The molecule has 1 rings (SSSR count). The van der Waals surface area contributed by atoms with Crippen LogP contribution in [0.15, 0.2) is 22.7 Å². The molecule has 88 valence electrons. The van der Waals surface area contributed by atoms with Gasteiger partial charge in [0.05, 0.1) is 5.56 Å². The number of amides is 1. The number of carbonyl (C=O) groups is 1. The number of nitrogens with one attached hydrogen (secondary N) is 1. The van der Waals surface area contributed by atoms with Crippen LogP contribution in [0.25, 0.3) is 0 Å². The van der Waals surface area contributed by atoms with E-state index in [0.717, 1.165) is 0 Å². The summed E-state index contributed by atoms with van der Waals surface area (Å²) in [7, 11) is 0. The molecule has 0 saturated carbocycles. The van der Waals surface area contributed by atoms with Crippen LogP contribution in [0.1, 0.15) is 24.2 Å². The highest BCUT2D eigenvalue weighted by molar-refractivity contribution is 9.10. The van der Waals surface area contributed by atoms with Crippen molar-refractivity contribution < 1.29 is 9.18 Å². The molecule has 16 heavy (non-hydrogen) atoms. The maximum Gasteiger partial charge on any atom is 0.252 e. The molecule has 0 heterocycles. The Morgan fingerprint density at radius 3 is 2.69 bits per heavy atom. The number of hydrogen-bond donors (Lipinski definition) is 1. The molecule has 1 N–H and O–H groups in total. The summed E-state index contributed by atoms with van der Waals surface area (Å²) in [6, 6.07) is 3.93. The van der Waals surface area contributed by atoms with E-state index in [0.29, 0.717) is 15.9 Å². The fourth-order valence-electron chi connectivity index (χ4n) is 1.08. The van der Waals surface area contributed by atoms with Gasteiger partial charge in [-0.1, -0.05) is 0 Å². The third-order valence-corrected chi connectivity index (χ3v) is 3.29. The Bertz CT molecular complexity index is 409. The van der Waals surface area contributed by atoms with Crippen LogP contribution in [0.4, 0.5) is 4.39 Å². The molecular weight excluding hydrogens is 296 g/mol. The maximum absolute atomic E-state index is 12.8. The van der Waals surface area contributed by atoms with E-state index < -0.39 is 5.54 Å². The molecule has 0 aliphatic rings. The van der Waals surface area contributed by atoms with E-state index >= 15 is 0 Å². The Kier molecular flexibility index (Phi) is 4.33. The lowest BCUT2D eigenvalue weighted by Gasteiger charge is -2.23. The third-order valence-electron chi connectivity index (χ3n) is 1.96. The molecule has 0 aliphatic heterocycles. The van der Waals surface area contributed by atoms with Gasteiger partial charge in [-0.3, -0.25) is 4.79 Å². The lowest BCUT2D eigenvalue weighted by atomic mass is 10.1. The summed E-state index contributed by atoms with van der Waals surface area (Å²) < 4.78 is 13.3. The molecule has 1 aromatic rings. The van der Waals surface area contributed by atoms with Gasteiger partial charge in [-0.05, 0) is 48.0 Å². The molecule has 0 aromatic heterocycles. The lowest BCUT2D eigenvalue weighted by molar-refractivity contribution is 0.0919. The SMILES string of the molecule is CC(C)(CCl)NC(=O)c1ccc(F)cc1Br. The molecule has 5 heteroatoms. The first kappa shape index (κ1) is 13.5. The minimum Gasteiger partial charge on any atom is -0.346 e. The quantitative estimate of drug-likeness (QED) is 0.853. The molecule has 1 aromatic carbocycles. The number of benzene rings is 1. The second-order valence-corrected chi connectivity index (χ2v) is 5.22. The van der Waals surface area contributed by atoms with Crippen LogP contribution < -0.4 is 5.32 Å². The van der Waals surface area contributed by atoms with Gasteiger partial charge in [0, 0.05) is 15.9 Å². The van der Waals surface area contributed by atoms with Crippen LogP contribution in [0.5, 0.6) is 0 Å². The van der Waals surface area contributed by atoms with Crippen molar-refractivity contribution in [2.45, 2.75) is 19.4 Å². The van der Waals surface area contributed by atoms with Crippen LogP contribution in [0, 0.1) is 5.82 Å². The van der Waals surface area contributed by atoms with Crippen molar-refractivity contribution in [2.24, 2.45) is 0 Å². The topological polar surface area (TPSA) is 29.1 Å². The second kappa shape index (κ2) is 5.15. The van der Waals surface area contributed by atoms with Gasteiger partial charge < -0.3 is 5.32 Å². The summed E-state index contributed by atoms with van der Waals surface area (Å²) in [5, 5.41) is 2.76. The van der Waals surface area contributed by atoms with Crippen molar-refractivity contribution >= 4 is 33.4 Å². The number of carbonyl (C=O) groups excluding carboxylic acids is 1. The van der Waals surface area contributed by atoms with Gasteiger partial charge in [0.1, 0.15) is 5.82 Å². The normalized spacial score (nSPS) is 11.3. The summed E-state index contributed by atoms with van der Waals surface area (Å²) >= 11 is 8.85. The van der Waals surface area contributed by atoms with Crippen LogP contribution >= 0.6 is 27.5 Å². The van der Waals surface area contributed by atoms with Crippen molar-refractivity contribution in [1.29, 1.82) is 0 Å². The van der Waals surface area contributed by atoms with Crippen molar-refractivity contribution in [3.05, 3.63) is 34.1 Å². The molecule has 0 radical (unpaired) electrons. The Morgan fingerprint density at radius 1 is 1.56 bits per heavy atom. The third kappa shape index (κ3) is 3.46. The lowest BCUT2D eigenvalue weighted by Crippen LogP contribution is -2.45. The molecular formula is C11H12BrClFNO. The Morgan fingerprint density at radius 2 is 2.19 bits per heavy atom. The molecule has 2 nitrogen and oxygen atoms in total. The molecule has 0 spiro atoms. The van der Waals surface area contributed by atoms with Gasteiger partial charge in [-0.15, -0.1) is 11.6 Å². The van der Waals surface area contributed by atoms with Gasteiger partial charge in [-0.2, -0.15) is 0 Å². The van der Waals surface area contributed by atoms with Crippen molar-refractivity contribution in [1.82, 2.24) is 5.32 Å². The molecule has 0 unspecified atom stereocenters. The number of hydrogen-bond acceptors (Lipinski definition) is 1. The van der Waals surface area contributed by atoms with Crippen molar-refractivity contribution in [3.63, 3.8) is 0 Å². The van der Waals surface area contributed by atoms with Crippen LogP contribution in [-0.2, 0) is 0 Å². The van der Waals surface area contributed by atoms with Crippen LogP contribution in [0.3, 0.4) is 0 Å². The molecule has 1 amide bonds. The summed E-state index contributed by atoms with van der Waals surface area (Å²) in [6.07, 6.45) is 0. The predicted molar refractivity (Wildman–Crippen MR) is 66.4 cm³/mol. The van der Waals surface area contributed by atoms with Gasteiger partial charge in [0.15, 0.2) is 0 Å². The van der Waals surface area contributed by atoms with E-state index in [9.17, 15) is 9.18 Å². The fourth-order valence-corrected chi connectivity index (χ4v) is 1.68. The Balaban J connectivity index is 2.89. The maximum atomic E-state index is 12.8. The van der Waals surface area contributed by atoms with Gasteiger partial charge in [-0.25, -0.2) is 4.39 Å². The van der Waals surface area contributed by atoms with Gasteiger partial charge in [0.2, 0.25) is 0 Å². The average Bonchev–Trinajstić information content (AvgIpc) is 2.16. The summed E-state index contributed by atoms with van der Waals surface area (Å²) in [5.74, 6) is -0.366. The first-order valence-corrected chi connectivity index (χ1v) is 6.02. The molecule has 0 aliphatic carbocycles. The first-order valence-electron chi connectivity index (χ1n) is 4.69. The summed E-state index contributed by atoms with van der Waals surface area (Å²) in [4.78, 5) is 11.8. The van der Waals surface area contributed by atoms with Crippen molar-refractivity contribution in [2.75, 3.05) is 5.88 Å². The average molecular weight is 309 g/mol. The van der Waals surface area contributed by atoms with Crippen LogP contribution in [-0.4, -0.2) is 17.3 Å². The summed E-state index contributed by atoms with van der Waals surface area (Å²) in [6.45, 7) is 3.63. The van der Waals surface area contributed by atoms with Gasteiger partial charge >= 0.3 is 0 Å². The number of alkyl halides is 1. The zero-order chi connectivity index (χ0) is 12.3. The van der Waals surface area contributed by atoms with Gasteiger partial charge in [0.25, 0.3) is 5.91 Å². The minimum absolute atomic E-state index is 0.280. The zero-order valence-electron chi connectivity index (χ0n) is 8.98. The highest BCUT2D eigenvalue weighted by atomic mass is 79.9. The van der Waals surface area contributed by atoms with E-state index in [1.165, 1.54) is 18.2 Å². The largest absolute Gasteiger partial charge is 0.346 e. The van der Waals surface area contributed by atoms with E-state index in [4.69, 9.17) is 11.6 Å². The summed E-state index contributed by atoms with van der Waals surface area (Å²) in [5.41, 5.74) is -0.105. The van der Waals surface area contributed by atoms with E-state index in [1.54, 1.807) is 0 Å². The molecule has 0 atom stereocenters. The fraction of sp³-hybridized carbons (Fsp3) is 0.364.